The van der Waals surface area contributed by atoms with E-state index in [1.54, 1.807) is 0 Å². The Morgan fingerprint density at radius 3 is 1.88 bits per heavy atom. The van der Waals surface area contributed by atoms with E-state index >= 15 is 0 Å². The van der Waals surface area contributed by atoms with E-state index in [1.807, 2.05) is 91.0 Å². The van der Waals surface area contributed by atoms with Gasteiger partial charge in [0.05, 0.1) is 13.2 Å². The van der Waals surface area contributed by atoms with Gasteiger partial charge in [0, 0.05) is 11.1 Å². The van der Waals surface area contributed by atoms with Crippen molar-refractivity contribution in [3.05, 3.63) is 108 Å². The summed E-state index contributed by atoms with van der Waals surface area (Å²) in [5.74, 6) is 0. The summed E-state index contributed by atoms with van der Waals surface area (Å²) in [6, 6.07) is 29.9. The first kappa shape index (κ1) is 21.0. The second-order valence-corrected chi connectivity index (χ2v) is 8.46. The van der Waals surface area contributed by atoms with Crippen LogP contribution in [0.2, 0.25) is 0 Å². The molecule has 3 aliphatic rings. The van der Waals surface area contributed by atoms with Crippen LogP contribution in [0.1, 0.15) is 29.3 Å². The van der Waals surface area contributed by atoms with E-state index in [0.717, 1.165) is 16.7 Å². The van der Waals surface area contributed by atoms with Crippen LogP contribution in [0, 0.1) is 0 Å². The topological polar surface area (TPSA) is 55.4 Å². The summed E-state index contributed by atoms with van der Waals surface area (Å²) in [7, 11) is 0. The Labute approximate surface area is 192 Å². The van der Waals surface area contributed by atoms with E-state index in [2.05, 4.69) is 0 Å². The van der Waals surface area contributed by atoms with Crippen molar-refractivity contribution >= 4 is 0 Å². The van der Waals surface area contributed by atoms with Gasteiger partial charge in [0.1, 0.15) is 24.4 Å². The molecule has 33 heavy (non-hydrogen) atoms. The van der Waals surface area contributed by atoms with Crippen molar-refractivity contribution in [2.24, 2.45) is 0 Å². The first-order valence-corrected chi connectivity index (χ1v) is 11.3. The van der Waals surface area contributed by atoms with E-state index in [1.165, 1.54) is 0 Å². The molecule has 3 aromatic carbocycles. The van der Waals surface area contributed by atoms with Crippen LogP contribution in [0.5, 0.6) is 0 Å². The van der Waals surface area contributed by atoms with Crippen LogP contribution >= 0.6 is 0 Å². The Morgan fingerprint density at radius 1 is 0.606 bits per heavy atom. The van der Waals surface area contributed by atoms with E-state index in [4.69, 9.17) is 28.4 Å². The monoisotopic (exact) mass is 446 g/mol. The van der Waals surface area contributed by atoms with E-state index in [-0.39, 0.29) is 18.3 Å². The number of ether oxygens (including phenoxy) is 6. The highest BCUT2D eigenvalue weighted by Gasteiger charge is 2.56. The normalized spacial score (nSPS) is 33.3. The summed E-state index contributed by atoms with van der Waals surface area (Å²) >= 11 is 0. The average molecular weight is 446 g/mol. The van der Waals surface area contributed by atoms with Crippen molar-refractivity contribution in [1.29, 1.82) is 0 Å². The Bertz CT molecular complexity index is 1030. The van der Waals surface area contributed by atoms with Crippen LogP contribution in [0.4, 0.5) is 0 Å². The Balaban J connectivity index is 1.24. The predicted molar refractivity (Wildman–Crippen MR) is 119 cm³/mol. The summed E-state index contributed by atoms with van der Waals surface area (Å²) in [6.45, 7) is 0.803. The zero-order valence-electron chi connectivity index (χ0n) is 18.1. The van der Waals surface area contributed by atoms with Gasteiger partial charge in [-0.2, -0.15) is 0 Å². The quantitative estimate of drug-likeness (QED) is 0.574. The fraction of sp³-hybridized carbons (Fsp3) is 0.333. The highest BCUT2D eigenvalue weighted by atomic mass is 16.8. The maximum atomic E-state index is 6.42. The van der Waals surface area contributed by atoms with Gasteiger partial charge in [0.15, 0.2) is 18.9 Å². The standard InChI is InChI=1S/C27H26O6/c1-4-10-18(11-5-1)16-28-27-24-23(32-26(33-24)20-14-8-3-9-15-20)22-21(30-27)17-29-25(31-22)19-12-6-2-7-13-19/h1-15,21-27H,16-17H2/t21-,22-,23+,24+,25+,26-,27+/m1/s1. The molecule has 3 heterocycles. The number of fused-ring (bicyclic) bond motifs is 3. The first-order valence-electron chi connectivity index (χ1n) is 11.3. The van der Waals surface area contributed by atoms with Gasteiger partial charge in [0.2, 0.25) is 0 Å². The van der Waals surface area contributed by atoms with Crippen LogP contribution in [-0.4, -0.2) is 37.3 Å². The van der Waals surface area contributed by atoms with Crippen LogP contribution in [0.3, 0.4) is 0 Å². The molecule has 6 heteroatoms. The van der Waals surface area contributed by atoms with Crippen LogP contribution in [-0.2, 0) is 35.0 Å². The van der Waals surface area contributed by atoms with Crippen LogP contribution in [0.15, 0.2) is 91.0 Å². The Hall–Kier alpha value is -2.58. The highest BCUT2D eigenvalue weighted by Crippen LogP contribution is 2.43. The number of hydrogen-bond acceptors (Lipinski definition) is 6. The molecule has 0 bridgehead atoms. The summed E-state index contributed by atoms with van der Waals surface area (Å²) in [5, 5.41) is 0. The molecule has 7 atom stereocenters. The van der Waals surface area contributed by atoms with Gasteiger partial charge in [-0.25, -0.2) is 0 Å². The number of benzene rings is 3. The molecule has 0 aliphatic carbocycles. The lowest BCUT2D eigenvalue weighted by molar-refractivity contribution is -0.348. The van der Waals surface area contributed by atoms with Crippen molar-refractivity contribution < 1.29 is 28.4 Å². The van der Waals surface area contributed by atoms with E-state index in [0.29, 0.717) is 13.2 Å². The SMILES string of the molecule is c1ccc(CO[C@H]2O[C@@H]3CO[C@H](c4ccccc4)O[C@H]3[C@@H]3O[C@@H](c4ccccc4)O[C@H]23)cc1. The molecular weight excluding hydrogens is 420 g/mol. The molecular formula is C27H26O6. The van der Waals surface area contributed by atoms with Gasteiger partial charge in [-0.1, -0.05) is 91.0 Å². The largest absolute Gasteiger partial charge is 0.346 e. The molecule has 170 valence electrons. The molecule has 0 saturated carbocycles. The van der Waals surface area contributed by atoms with Gasteiger partial charge >= 0.3 is 0 Å². The van der Waals surface area contributed by atoms with Crippen molar-refractivity contribution in [2.75, 3.05) is 6.61 Å². The fourth-order valence-corrected chi connectivity index (χ4v) is 4.60. The maximum absolute atomic E-state index is 6.42. The summed E-state index contributed by atoms with van der Waals surface area (Å²) in [5.41, 5.74) is 2.99. The number of rotatable bonds is 5. The third-order valence-electron chi connectivity index (χ3n) is 6.25. The number of hydrogen-bond donors (Lipinski definition) is 0. The highest BCUT2D eigenvalue weighted by molar-refractivity contribution is 5.19. The minimum absolute atomic E-state index is 0.315. The zero-order chi connectivity index (χ0) is 22.0. The van der Waals surface area contributed by atoms with Crippen molar-refractivity contribution in [2.45, 2.75) is 49.9 Å². The summed E-state index contributed by atoms with van der Waals surface area (Å²) in [6.07, 6.45) is -2.99. The van der Waals surface area contributed by atoms with Gasteiger partial charge in [-0.3, -0.25) is 0 Å². The molecule has 0 amide bonds. The average Bonchev–Trinajstić information content (AvgIpc) is 3.35. The molecule has 3 fully saturated rings. The van der Waals surface area contributed by atoms with Gasteiger partial charge < -0.3 is 28.4 Å². The molecule has 0 radical (unpaired) electrons. The summed E-state index contributed by atoms with van der Waals surface area (Å²) in [4.78, 5) is 0. The second kappa shape index (κ2) is 9.35. The third-order valence-corrected chi connectivity index (χ3v) is 6.25. The lowest BCUT2D eigenvalue weighted by atomic mass is 9.98. The van der Waals surface area contributed by atoms with Gasteiger partial charge in [-0.15, -0.1) is 0 Å². The minimum atomic E-state index is -0.592. The lowest BCUT2D eigenvalue weighted by Gasteiger charge is -2.45. The smallest absolute Gasteiger partial charge is 0.187 e. The van der Waals surface area contributed by atoms with Gasteiger partial charge in [-0.05, 0) is 5.56 Å². The van der Waals surface area contributed by atoms with Crippen molar-refractivity contribution in [1.82, 2.24) is 0 Å². The van der Waals surface area contributed by atoms with Crippen molar-refractivity contribution in [3.63, 3.8) is 0 Å². The molecule has 0 spiro atoms. The molecule has 3 aromatic rings. The third kappa shape index (κ3) is 4.34. The van der Waals surface area contributed by atoms with Crippen molar-refractivity contribution in [3.8, 4) is 0 Å². The first-order chi connectivity index (χ1) is 16.3. The Kier molecular flexibility index (Phi) is 5.94. The van der Waals surface area contributed by atoms with E-state index in [9.17, 15) is 0 Å². The minimum Gasteiger partial charge on any atom is -0.346 e. The fourth-order valence-electron chi connectivity index (χ4n) is 4.60. The van der Waals surface area contributed by atoms with Gasteiger partial charge in [0.25, 0.3) is 0 Å². The maximum Gasteiger partial charge on any atom is 0.187 e. The molecule has 3 saturated heterocycles. The molecule has 3 aliphatic heterocycles. The molecule has 6 nitrogen and oxygen atoms in total. The molecule has 0 unspecified atom stereocenters. The van der Waals surface area contributed by atoms with Crippen LogP contribution in [0.25, 0.3) is 0 Å². The lowest BCUT2D eigenvalue weighted by Crippen LogP contribution is -2.61. The molecule has 6 rings (SSSR count). The molecule has 0 N–H and O–H groups in total. The zero-order valence-corrected chi connectivity index (χ0v) is 18.1. The summed E-state index contributed by atoms with van der Waals surface area (Å²) < 4.78 is 37.7. The molecule has 0 aromatic heterocycles. The van der Waals surface area contributed by atoms with E-state index < -0.39 is 25.0 Å². The second-order valence-electron chi connectivity index (χ2n) is 8.46. The predicted octanol–water partition coefficient (Wildman–Crippen LogP) is 4.53. The Morgan fingerprint density at radius 2 is 1.18 bits per heavy atom. The van der Waals surface area contributed by atoms with Crippen LogP contribution < -0.4 is 0 Å².